The van der Waals surface area contributed by atoms with Crippen LogP contribution in [0.3, 0.4) is 0 Å². The quantitative estimate of drug-likeness (QED) is 0.672. The van der Waals surface area contributed by atoms with Gasteiger partial charge in [0.1, 0.15) is 6.04 Å². The average molecular weight is 396 g/mol. The fraction of sp³-hybridized carbons (Fsp3) is 0.417. The molecule has 5 nitrogen and oxygen atoms in total. The van der Waals surface area contributed by atoms with E-state index in [-0.39, 0.29) is 18.4 Å². The monoisotopic (exact) mass is 395 g/mol. The molecular formula is C24H33N3O2. The van der Waals surface area contributed by atoms with Gasteiger partial charge in [-0.05, 0) is 31.0 Å². The third kappa shape index (κ3) is 8.08. The molecule has 1 atom stereocenters. The van der Waals surface area contributed by atoms with Crippen molar-refractivity contribution in [1.82, 2.24) is 15.1 Å². The number of hydrogen-bond donors (Lipinski definition) is 1. The van der Waals surface area contributed by atoms with Crippen LogP contribution in [0.2, 0.25) is 0 Å². The van der Waals surface area contributed by atoms with Gasteiger partial charge in [0.25, 0.3) is 0 Å². The first-order valence-electron chi connectivity index (χ1n) is 10.2. The zero-order valence-corrected chi connectivity index (χ0v) is 18.0. The molecule has 29 heavy (non-hydrogen) atoms. The molecule has 5 heteroatoms. The molecule has 156 valence electrons. The Balaban J connectivity index is 1.90. The van der Waals surface area contributed by atoms with Crippen molar-refractivity contribution in [3.05, 3.63) is 71.8 Å². The summed E-state index contributed by atoms with van der Waals surface area (Å²) in [7, 11) is 1.90. The topological polar surface area (TPSA) is 52.7 Å². The standard InChI is InChI=1S/C24H33N3O2/c1-19(2)15-27(17-22-13-9-6-10-14-22)24(29)20(3)25-23(28)18-26(4)16-21-11-7-5-8-12-21/h5-14,19-20H,15-18H2,1-4H3,(H,25,28). The number of amides is 2. The predicted octanol–water partition coefficient (Wildman–Crippen LogP) is 3.31. The number of carbonyl (C=O) groups excluding carboxylic acids is 2. The van der Waals surface area contributed by atoms with Gasteiger partial charge in [0.05, 0.1) is 6.54 Å². The summed E-state index contributed by atoms with van der Waals surface area (Å²) < 4.78 is 0. The number of rotatable bonds is 10. The lowest BCUT2D eigenvalue weighted by Gasteiger charge is -2.28. The lowest BCUT2D eigenvalue weighted by Crippen LogP contribution is -2.49. The Kier molecular flexibility index (Phi) is 8.87. The van der Waals surface area contributed by atoms with Crippen molar-refractivity contribution in [2.24, 2.45) is 5.92 Å². The van der Waals surface area contributed by atoms with Gasteiger partial charge in [-0.25, -0.2) is 0 Å². The van der Waals surface area contributed by atoms with Crippen molar-refractivity contribution < 1.29 is 9.59 Å². The van der Waals surface area contributed by atoms with E-state index in [1.807, 2.05) is 77.5 Å². The lowest BCUT2D eigenvalue weighted by atomic mass is 10.1. The first kappa shape index (κ1) is 22.6. The first-order chi connectivity index (χ1) is 13.8. The van der Waals surface area contributed by atoms with Crippen LogP contribution in [-0.4, -0.2) is 47.8 Å². The smallest absolute Gasteiger partial charge is 0.245 e. The van der Waals surface area contributed by atoms with E-state index in [0.717, 1.165) is 11.1 Å². The molecule has 0 saturated heterocycles. The van der Waals surface area contributed by atoms with Gasteiger partial charge in [0.15, 0.2) is 0 Å². The third-order valence-corrected chi connectivity index (χ3v) is 4.57. The van der Waals surface area contributed by atoms with Gasteiger partial charge in [0, 0.05) is 19.6 Å². The summed E-state index contributed by atoms with van der Waals surface area (Å²) in [6, 6.07) is 19.4. The second-order valence-corrected chi connectivity index (χ2v) is 8.05. The second kappa shape index (κ2) is 11.4. The maximum absolute atomic E-state index is 13.0. The van der Waals surface area contributed by atoms with Crippen LogP contribution in [0.4, 0.5) is 0 Å². The van der Waals surface area contributed by atoms with E-state index in [4.69, 9.17) is 0 Å². The van der Waals surface area contributed by atoms with E-state index in [9.17, 15) is 9.59 Å². The van der Waals surface area contributed by atoms with Crippen LogP contribution in [0.1, 0.15) is 31.9 Å². The predicted molar refractivity (Wildman–Crippen MR) is 117 cm³/mol. The van der Waals surface area contributed by atoms with Crippen LogP contribution in [-0.2, 0) is 22.7 Å². The SMILES string of the molecule is CC(C)CN(Cc1ccccc1)C(=O)C(C)NC(=O)CN(C)Cc1ccccc1. The number of benzene rings is 2. The molecule has 1 unspecified atom stereocenters. The van der Waals surface area contributed by atoms with Crippen molar-refractivity contribution in [1.29, 1.82) is 0 Å². The van der Waals surface area contributed by atoms with Gasteiger partial charge >= 0.3 is 0 Å². The van der Waals surface area contributed by atoms with E-state index in [0.29, 0.717) is 25.6 Å². The Bertz CT molecular complexity index is 762. The molecule has 2 aromatic rings. The van der Waals surface area contributed by atoms with Crippen molar-refractivity contribution >= 4 is 11.8 Å². The molecule has 0 aliphatic carbocycles. The minimum absolute atomic E-state index is 0.0541. The average Bonchev–Trinajstić information content (AvgIpc) is 2.67. The van der Waals surface area contributed by atoms with E-state index < -0.39 is 6.04 Å². The zero-order chi connectivity index (χ0) is 21.2. The van der Waals surface area contributed by atoms with E-state index in [1.54, 1.807) is 6.92 Å². The van der Waals surface area contributed by atoms with Crippen LogP contribution in [0, 0.1) is 5.92 Å². The molecule has 2 rings (SSSR count). The van der Waals surface area contributed by atoms with Crippen LogP contribution in [0.5, 0.6) is 0 Å². The van der Waals surface area contributed by atoms with Crippen LogP contribution < -0.4 is 5.32 Å². The van der Waals surface area contributed by atoms with Crippen molar-refractivity contribution in [2.45, 2.75) is 39.9 Å². The van der Waals surface area contributed by atoms with Crippen LogP contribution >= 0.6 is 0 Å². The fourth-order valence-electron chi connectivity index (χ4n) is 3.30. The first-order valence-corrected chi connectivity index (χ1v) is 10.2. The summed E-state index contributed by atoms with van der Waals surface area (Å²) in [5, 5.41) is 2.86. The summed E-state index contributed by atoms with van der Waals surface area (Å²) in [5.74, 6) is 0.151. The molecule has 0 aliphatic heterocycles. The molecule has 0 spiro atoms. The Morgan fingerprint density at radius 1 is 0.862 bits per heavy atom. The number of hydrogen-bond acceptors (Lipinski definition) is 3. The summed E-state index contributed by atoms with van der Waals surface area (Å²) >= 11 is 0. The maximum atomic E-state index is 13.0. The molecule has 0 aromatic heterocycles. The lowest BCUT2D eigenvalue weighted by molar-refractivity contribution is -0.137. The minimum Gasteiger partial charge on any atom is -0.343 e. The molecule has 0 aliphatic rings. The highest BCUT2D eigenvalue weighted by atomic mass is 16.2. The number of nitrogens with one attached hydrogen (secondary N) is 1. The van der Waals surface area contributed by atoms with Gasteiger partial charge in [-0.15, -0.1) is 0 Å². The zero-order valence-electron chi connectivity index (χ0n) is 18.0. The molecule has 0 bridgehead atoms. The molecule has 2 aromatic carbocycles. The molecule has 2 amide bonds. The normalized spacial score (nSPS) is 12.1. The third-order valence-electron chi connectivity index (χ3n) is 4.57. The highest BCUT2D eigenvalue weighted by Gasteiger charge is 2.23. The highest BCUT2D eigenvalue weighted by molar-refractivity contribution is 5.88. The highest BCUT2D eigenvalue weighted by Crippen LogP contribution is 2.09. The molecule has 1 N–H and O–H groups in total. The molecule has 0 radical (unpaired) electrons. The Morgan fingerprint density at radius 3 is 1.90 bits per heavy atom. The summed E-state index contributed by atoms with van der Waals surface area (Å²) in [5.41, 5.74) is 2.24. The van der Waals surface area contributed by atoms with E-state index in [1.165, 1.54) is 0 Å². The number of nitrogens with zero attached hydrogens (tertiary/aromatic N) is 2. The van der Waals surface area contributed by atoms with Gasteiger partial charge in [-0.2, -0.15) is 0 Å². The largest absolute Gasteiger partial charge is 0.343 e. The van der Waals surface area contributed by atoms with E-state index >= 15 is 0 Å². The van der Waals surface area contributed by atoms with Crippen LogP contribution in [0.15, 0.2) is 60.7 Å². The van der Waals surface area contributed by atoms with Gasteiger partial charge in [0.2, 0.25) is 11.8 Å². The number of likely N-dealkylation sites (N-methyl/N-ethyl adjacent to an activating group) is 1. The minimum atomic E-state index is -0.560. The van der Waals surface area contributed by atoms with Crippen molar-refractivity contribution in [2.75, 3.05) is 20.1 Å². The molecular weight excluding hydrogens is 362 g/mol. The molecule has 0 heterocycles. The maximum Gasteiger partial charge on any atom is 0.245 e. The fourth-order valence-corrected chi connectivity index (χ4v) is 3.30. The Labute approximate surface area is 174 Å². The van der Waals surface area contributed by atoms with Crippen molar-refractivity contribution in [3.63, 3.8) is 0 Å². The molecule has 0 saturated carbocycles. The molecule has 0 fully saturated rings. The second-order valence-electron chi connectivity index (χ2n) is 8.05. The van der Waals surface area contributed by atoms with Crippen LogP contribution in [0.25, 0.3) is 0 Å². The van der Waals surface area contributed by atoms with Crippen molar-refractivity contribution in [3.8, 4) is 0 Å². The Hall–Kier alpha value is -2.66. The van der Waals surface area contributed by atoms with E-state index in [2.05, 4.69) is 19.2 Å². The van der Waals surface area contributed by atoms with Gasteiger partial charge in [-0.3, -0.25) is 14.5 Å². The number of carbonyl (C=O) groups is 2. The van der Waals surface area contributed by atoms with Gasteiger partial charge in [-0.1, -0.05) is 74.5 Å². The van der Waals surface area contributed by atoms with Gasteiger partial charge < -0.3 is 10.2 Å². The summed E-state index contributed by atoms with van der Waals surface area (Å²) in [4.78, 5) is 29.2. The Morgan fingerprint density at radius 2 is 1.38 bits per heavy atom. The summed E-state index contributed by atoms with van der Waals surface area (Å²) in [6.07, 6.45) is 0. The summed E-state index contributed by atoms with van der Waals surface area (Å²) in [6.45, 7) is 8.07.